The zero-order valence-electron chi connectivity index (χ0n) is 12.0. The number of anilines is 1. The van der Waals surface area contributed by atoms with Gasteiger partial charge in [0.2, 0.25) is 0 Å². The van der Waals surface area contributed by atoms with Crippen LogP contribution in [0.3, 0.4) is 0 Å². The van der Waals surface area contributed by atoms with E-state index in [4.69, 9.17) is 9.47 Å². The topological polar surface area (TPSA) is 64.6 Å². The van der Waals surface area contributed by atoms with Gasteiger partial charge in [0.15, 0.2) is 12.2 Å². The minimum absolute atomic E-state index is 0.322. The van der Waals surface area contributed by atoms with E-state index < -0.39 is 29.9 Å². The van der Waals surface area contributed by atoms with Crippen LogP contribution >= 0.6 is 0 Å². The molecule has 1 amide bonds. The van der Waals surface area contributed by atoms with Gasteiger partial charge in [0, 0.05) is 12.3 Å². The Morgan fingerprint density at radius 3 is 2.86 bits per heavy atom. The van der Waals surface area contributed by atoms with Crippen LogP contribution in [-0.2, 0) is 19.1 Å². The van der Waals surface area contributed by atoms with Gasteiger partial charge in [-0.05, 0) is 44.4 Å². The predicted molar refractivity (Wildman–Crippen MR) is 74.3 cm³/mol. The van der Waals surface area contributed by atoms with Crippen molar-refractivity contribution in [3.05, 3.63) is 29.6 Å². The Morgan fingerprint density at radius 2 is 2.24 bits per heavy atom. The van der Waals surface area contributed by atoms with E-state index in [0.717, 1.165) is 6.42 Å². The minimum Gasteiger partial charge on any atom is -0.451 e. The lowest BCUT2D eigenvalue weighted by atomic mass is 10.2. The number of amides is 1. The van der Waals surface area contributed by atoms with Crippen molar-refractivity contribution in [2.45, 2.75) is 38.9 Å². The first-order chi connectivity index (χ1) is 9.97. The maximum Gasteiger partial charge on any atom is 0.336 e. The molecule has 1 aliphatic heterocycles. The molecule has 2 atom stereocenters. The highest BCUT2D eigenvalue weighted by Gasteiger charge is 2.28. The van der Waals surface area contributed by atoms with Crippen LogP contribution in [0.2, 0.25) is 0 Å². The van der Waals surface area contributed by atoms with Crippen molar-refractivity contribution in [3.8, 4) is 0 Å². The SMILES string of the molecule is Cc1ccc(NC(=O)[C@H](C)OC(=O)[C@H]2CCCO2)cc1F. The normalized spacial score (nSPS) is 19.1. The van der Waals surface area contributed by atoms with Gasteiger partial charge in [-0.25, -0.2) is 9.18 Å². The molecule has 0 unspecified atom stereocenters. The van der Waals surface area contributed by atoms with E-state index in [-0.39, 0.29) is 0 Å². The number of halogens is 1. The highest BCUT2D eigenvalue weighted by atomic mass is 19.1. The van der Waals surface area contributed by atoms with Gasteiger partial charge >= 0.3 is 5.97 Å². The van der Waals surface area contributed by atoms with Crippen molar-refractivity contribution in [1.29, 1.82) is 0 Å². The van der Waals surface area contributed by atoms with Crippen molar-refractivity contribution < 1.29 is 23.5 Å². The van der Waals surface area contributed by atoms with Crippen molar-refractivity contribution in [3.63, 3.8) is 0 Å². The number of carbonyl (C=O) groups excluding carboxylic acids is 2. The van der Waals surface area contributed by atoms with Crippen LogP contribution in [0.4, 0.5) is 10.1 Å². The molecule has 0 spiro atoms. The number of aryl methyl sites for hydroxylation is 1. The van der Waals surface area contributed by atoms with Gasteiger partial charge in [0.1, 0.15) is 5.82 Å². The van der Waals surface area contributed by atoms with Gasteiger partial charge in [-0.15, -0.1) is 0 Å². The van der Waals surface area contributed by atoms with Gasteiger partial charge in [-0.2, -0.15) is 0 Å². The van der Waals surface area contributed by atoms with Crippen LogP contribution < -0.4 is 5.32 Å². The molecule has 1 aromatic carbocycles. The van der Waals surface area contributed by atoms with Crippen molar-refractivity contribution in [2.24, 2.45) is 0 Å². The Morgan fingerprint density at radius 1 is 1.48 bits per heavy atom. The predicted octanol–water partition coefficient (Wildman–Crippen LogP) is 2.18. The lowest BCUT2D eigenvalue weighted by molar-refractivity contribution is -0.162. The monoisotopic (exact) mass is 295 g/mol. The van der Waals surface area contributed by atoms with Gasteiger partial charge in [-0.1, -0.05) is 6.07 Å². The minimum atomic E-state index is -0.967. The Labute approximate surface area is 122 Å². The van der Waals surface area contributed by atoms with Crippen molar-refractivity contribution in [2.75, 3.05) is 11.9 Å². The smallest absolute Gasteiger partial charge is 0.336 e. The maximum atomic E-state index is 13.4. The molecule has 1 fully saturated rings. The van der Waals surface area contributed by atoms with E-state index in [1.54, 1.807) is 19.1 Å². The summed E-state index contributed by atoms with van der Waals surface area (Å²) in [6, 6.07) is 4.38. The van der Waals surface area contributed by atoms with Crippen LogP contribution in [0, 0.1) is 12.7 Å². The number of ether oxygens (including phenoxy) is 2. The lowest BCUT2D eigenvalue weighted by Gasteiger charge is -2.16. The zero-order chi connectivity index (χ0) is 15.4. The molecule has 1 N–H and O–H groups in total. The van der Waals surface area contributed by atoms with E-state index in [1.165, 1.54) is 13.0 Å². The molecule has 0 bridgehead atoms. The molecule has 1 aliphatic rings. The summed E-state index contributed by atoms with van der Waals surface area (Å²) in [7, 11) is 0. The second-order valence-electron chi connectivity index (χ2n) is 5.03. The number of esters is 1. The third-order valence-corrected chi connectivity index (χ3v) is 3.29. The van der Waals surface area contributed by atoms with E-state index in [1.807, 2.05) is 0 Å². The van der Waals surface area contributed by atoms with Gasteiger partial charge < -0.3 is 14.8 Å². The largest absolute Gasteiger partial charge is 0.451 e. The molecule has 5 nitrogen and oxygen atoms in total. The van der Waals surface area contributed by atoms with E-state index >= 15 is 0 Å². The molecule has 1 heterocycles. The fourth-order valence-electron chi connectivity index (χ4n) is 1.98. The first kappa shape index (κ1) is 15.4. The van der Waals surface area contributed by atoms with Crippen LogP contribution in [0.5, 0.6) is 0 Å². The van der Waals surface area contributed by atoms with Crippen LogP contribution in [-0.4, -0.2) is 30.7 Å². The summed E-state index contributed by atoms with van der Waals surface area (Å²) in [6.45, 7) is 3.63. The van der Waals surface area contributed by atoms with Gasteiger partial charge in [0.25, 0.3) is 5.91 Å². The lowest BCUT2D eigenvalue weighted by Crippen LogP contribution is -2.34. The number of benzene rings is 1. The second-order valence-corrected chi connectivity index (χ2v) is 5.03. The number of nitrogens with one attached hydrogen (secondary N) is 1. The quantitative estimate of drug-likeness (QED) is 0.865. The van der Waals surface area contributed by atoms with Gasteiger partial charge in [-0.3, -0.25) is 4.79 Å². The Kier molecular flexibility index (Phi) is 4.90. The zero-order valence-corrected chi connectivity index (χ0v) is 12.0. The fourth-order valence-corrected chi connectivity index (χ4v) is 1.98. The summed E-state index contributed by atoms with van der Waals surface area (Å²) in [5, 5.41) is 2.51. The average Bonchev–Trinajstić information content (AvgIpc) is 2.97. The molecule has 0 aromatic heterocycles. The van der Waals surface area contributed by atoms with Crippen LogP contribution in [0.1, 0.15) is 25.3 Å². The maximum absolute atomic E-state index is 13.4. The Bertz CT molecular complexity index is 540. The molecule has 0 radical (unpaired) electrons. The first-order valence-electron chi connectivity index (χ1n) is 6.86. The molecular weight excluding hydrogens is 277 g/mol. The fraction of sp³-hybridized carbons (Fsp3) is 0.467. The molecular formula is C15H18FNO4. The number of carbonyl (C=O) groups is 2. The standard InChI is InChI=1S/C15H18FNO4/c1-9-5-6-11(8-12(9)16)17-14(18)10(2)21-15(19)13-4-3-7-20-13/h5-6,8,10,13H,3-4,7H2,1-2H3,(H,17,18)/t10-,13+/m0/s1. The summed E-state index contributed by atoms with van der Waals surface area (Å²) in [5.74, 6) is -1.45. The first-order valence-corrected chi connectivity index (χ1v) is 6.86. The van der Waals surface area contributed by atoms with Crippen molar-refractivity contribution >= 4 is 17.6 Å². The Hall–Kier alpha value is -1.95. The van der Waals surface area contributed by atoms with Crippen LogP contribution in [0.15, 0.2) is 18.2 Å². The molecule has 1 aromatic rings. The molecule has 0 saturated carbocycles. The number of hydrogen-bond donors (Lipinski definition) is 1. The summed E-state index contributed by atoms with van der Waals surface area (Å²) < 4.78 is 23.6. The van der Waals surface area contributed by atoms with E-state index in [0.29, 0.717) is 24.3 Å². The summed E-state index contributed by atoms with van der Waals surface area (Å²) in [6.07, 6.45) is -0.137. The molecule has 2 rings (SSSR count). The summed E-state index contributed by atoms with van der Waals surface area (Å²) >= 11 is 0. The summed E-state index contributed by atoms with van der Waals surface area (Å²) in [4.78, 5) is 23.6. The van der Waals surface area contributed by atoms with E-state index in [9.17, 15) is 14.0 Å². The number of hydrogen-bond acceptors (Lipinski definition) is 4. The van der Waals surface area contributed by atoms with E-state index in [2.05, 4.69) is 5.32 Å². The van der Waals surface area contributed by atoms with Crippen molar-refractivity contribution in [1.82, 2.24) is 0 Å². The average molecular weight is 295 g/mol. The highest BCUT2D eigenvalue weighted by molar-refractivity contribution is 5.95. The second kappa shape index (κ2) is 6.67. The van der Waals surface area contributed by atoms with Gasteiger partial charge in [0.05, 0.1) is 0 Å². The third kappa shape index (κ3) is 4.01. The molecule has 6 heteroatoms. The summed E-state index contributed by atoms with van der Waals surface area (Å²) in [5.41, 5.74) is 0.814. The number of rotatable bonds is 4. The molecule has 114 valence electrons. The Balaban J connectivity index is 1.89. The van der Waals surface area contributed by atoms with Crippen LogP contribution in [0.25, 0.3) is 0 Å². The third-order valence-electron chi connectivity index (χ3n) is 3.29. The molecule has 21 heavy (non-hydrogen) atoms. The molecule has 1 saturated heterocycles. The highest BCUT2D eigenvalue weighted by Crippen LogP contribution is 2.16. The molecule has 0 aliphatic carbocycles.